The van der Waals surface area contributed by atoms with Gasteiger partial charge in [0.05, 0.1) is 0 Å². The lowest BCUT2D eigenvalue weighted by atomic mass is 9.99. The fourth-order valence-corrected chi connectivity index (χ4v) is 3.32. The maximum atomic E-state index is 12.8. The first-order valence-electron chi connectivity index (χ1n) is 9.97. The van der Waals surface area contributed by atoms with E-state index in [1.54, 1.807) is 6.20 Å². The van der Waals surface area contributed by atoms with Crippen molar-refractivity contribution in [1.29, 1.82) is 0 Å². The second kappa shape index (κ2) is 8.51. The molecule has 2 heterocycles. The predicted molar refractivity (Wildman–Crippen MR) is 110 cm³/mol. The fraction of sp³-hybridized carbons (Fsp3) is 0.500. The summed E-state index contributed by atoms with van der Waals surface area (Å²) in [6.45, 7) is 10.3. The van der Waals surface area contributed by atoms with E-state index in [1.807, 2.05) is 19.1 Å². The van der Waals surface area contributed by atoms with Crippen molar-refractivity contribution in [1.82, 2.24) is 15.3 Å². The van der Waals surface area contributed by atoms with Gasteiger partial charge in [0.1, 0.15) is 11.4 Å². The van der Waals surface area contributed by atoms with Crippen molar-refractivity contribution in [2.75, 3.05) is 18.0 Å². The van der Waals surface area contributed by atoms with Gasteiger partial charge in [-0.2, -0.15) is 0 Å². The molecule has 3 rings (SSSR count). The number of piperidine rings is 1. The topological polar surface area (TPSA) is 58.1 Å². The van der Waals surface area contributed by atoms with Crippen molar-refractivity contribution in [2.45, 2.75) is 53.0 Å². The van der Waals surface area contributed by atoms with E-state index < -0.39 is 0 Å². The third-order valence-corrected chi connectivity index (χ3v) is 5.36. The summed E-state index contributed by atoms with van der Waals surface area (Å²) in [6.07, 6.45) is 4.83. The number of nitrogens with zero attached hydrogens (tertiary/aromatic N) is 3. The molecular weight excluding hydrogens is 336 g/mol. The summed E-state index contributed by atoms with van der Waals surface area (Å²) in [4.78, 5) is 24.4. The van der Waals surface area contributed by atoms with Crippen LogP contribution in [0.3, 0.4) is 0 Å². The number of nitrogens with one attached hydrogen (secondary N) is 1. The molecule has 5 heteroatoms. The van der Waals surface area contributed by atoms with Crippen molar-refractivity contribution in [3.8, 4) is 11.4 Å². The molecular formula is C22H30N4O. The smallest absolute Gasteiger partial charge is 0.256 e. The summed E-state index contributed by atoms with van der Waals surface area (Å²) < 4.78 is 0. The number of rotatable bonds is 5. The van der Waals surface area contributed by atoms with Crippen molar-refractivity contribution in [3.05, 3.63) is 41.6 Å². The van der Waals surface area contributed by atoms with Crippen molar-refractivity contribution in [3.63, 3.8) is 0 Å². The fourth-order valence-electron chi connectivity index (χ4n) is 3.32. The quantitative estimate of drug-likeness (QED) is 0.861. The lowest BCUT2D eigenvalue weighted by Gasteiger charge is -2.32. The molecule has 27 heavy (non-hydrogen) atoms. The molecule has 1 N–H and O–H groups in total. The van der Waals surface area contributed by atoms with Crippen LogP contribution in [-0.2, 0) is 0 Å². The number of benzene rings is 1. The molecule has 1 aromatic carbocycles. The van der Waals surface area contributed by atoms with Gasteiger partial charge in [0.2, 0.25) is 0 Å². The molecule has 0 unspecified atom stereocenters. The normalized spacial score (nSPS) is 16.2. The number of hydrogen-bond acceptors (Lipinski definition) is 4. The molecule has 0 bridgehead atoms. The van der Waals surface area contributed by atoms with Gasteiger partial charge in [0.15, 0.2) is 5.82 Å². The summed E-state index contributed by atoms with van der Waals surface area (Å²) in [6, 6.07) is 8.30. The van der Waals surface area contributed by atoms with E-state index in [-0.39, 0.29) is 11.9 Å². The number of amides is 1. The Morgan fingerprint density at radius 2 is 2.07 bits per heavy atom. The summed E-state index contributed by atoms with van der Waals surface area (Å²) in [5, 5.41) is 3.06. The van der Waals surface area contributed by atoms with E-state index in [1.165, 1.54) is 5.56 Å². The Bertz CT molecular complexity index is 797. The van der Waals surface area contributed by atoms with E-state index in [0.29, 0.717) is 11.4 Å². The Balaban J connectivity index is 1.98. The maximum Gasteiger partial charge on any atom is 0.256 e. The molecule has 1 atom stereocenters. The highest BCUT2D eigenvalue weighted by atomic mass is 16.1. The number of aryl methyl sites for hydroxylation is 1. The van der Waals surface area contributed by atoms with Gasteiger partial charge in [-0.3, -0.25) is 4.79 Å². The van der Waals surface area contributed by atoms with Crippen LogP contribution in [0.15, 0.2) is 30.5 Å². The van der Waals surface area contributed by atoms with E-state index in [4.69, 9.17) is 4.98 Å². The molecule has 1 aliphatic heterocycles. The van der Waals surface area contributed by atoms with E-state index in [2.05, 4.69) is 48.1 Å². The van der Waals surface area contributed by atoms with Gasteiger partial charge in [-0.1, -0.05) is 37.6 Å². The second-order valence-electron chi connectivity index (χ2n) is 7.75. The predicted octanol–water partition coefficient (Wildman–Crippen LogP) is 4.22. The SMILES string of the molecule is CC[C@@H](C)NC(=O)c1cnc(-c2cccc(C)c2)nc1N1CCC(C)CC1. The minimum atomic E-state index is -0.0891. The number of aromatic nitrogens is 2. The van der Waals surface area contributed by atoms with E-state index in [0.717, 1.165) is 49.7 Å². The molecule has 1 fully saturated rings. The summed E-state index contributed by atoms with van der Waals surface area (Å²) in [5.41, 5.74) is 2.72. The van der Waals surface area contributed by atoms with Gasteiger partial charge in [0, 0.05) is 30.9 Å². The molecule has 5 nitrogen and oxygen atoms in total. The Morgan fingerprint density at radius 1 is 1.33 bits per heavy atom. The zero-order chi connectivity index (χ0) is 19.4. The van der Waals surface area contributed by atoms with Gasteiger partial charge in [-0.05, 0) is 45.1 Å². The second-order valence-corrected chi connectivity index (χ2v) is 7.75. The average Bonchev–Trinajstić information content (AvgIpc) is 2.68. The first kappa shape index (κ1) is 19.3. The lowest BCUT2D eigenvalue weighted by molar-refractivity contribution is 0.0939. The molecule has 1 saturated heterocycles. The first-order valence-corrected chi connectivity index (χ1v) is 9.97. The molecule has 1 aliphatic rings. The highest BCUT2D eigenvalue weighted by molar-refractivity contribution is 5.99. The number of carbonyl (C=O) groups is 1. The lowest BCUT2D eigenvalue weighted by Crippen LogP contribution is -2.37. The largest absolute Gasteiger partial charge is 0.356 e. The third-order valence-electron chi connectivity index (χ3n) is 5.36. The van der Waals surface area contributed by atoms with E-state index >= 15 is 0 Å². The van der Waals surface area contributed by atoms with E-state index in [9.17, 15) is 4.79 Å². The Kier molecular flexibility index (Phi) is 6.09. The van der Waals surface area contributed by atoms with Crippen molar-refractivity contribution in [2.24, 2.45) is 5.92 Å². The molecule has 144 valence electrons. The molecule has 1 amide bonds. The van der Waals surface area contributed by atoms with Gasteiger partial charge >= 0.3 is 0 Å². The third kappa shape index (κ3) is 4.65. The van der Waals surface area contributed by atoms with Crippen molar-refractivity contribution >= 4 is 11.7 Å². The minimum Gasteiger partial charge on any atom is -0.356 e. The van der Waals surface area contributed by atoms with Crippen LogP contribution in [0, 0.1) is 12.8 Å². The number of hydrogen-bond donors (Lipinski definition) is 1. The summed E-state index contributed by atoms with van der Waals surface area (Å²) in [7, 11) is 0. The maximum absolute atomic E-state index is 12.8. The zero-order valence-electron chi connectivity index (χ0n) is 16.8. The number of carbonyl (C=O) groups excluding carboxylic acids is 1. The summed E-state index contributed by atoms with van der Waals surface area (Å²) in [5.74, 6) is 2.06. The average molecular weight is 367 g/mol. The Morgan fingerprint density at radius 3 is 2.74 bits per heavy atom. The van der Waals surface area contributed by atoms with Crippen LogP contribution in [0.5, 0.6) is 0 Å². The standard InChI is InChI=1S/C22H30N4O/c1-5-17(4)24-22(27)19-14-23-20(18-8-6-7-16(3)13-18)25-21(19)26-11-9-15(2)10-12-26/h6-8,13-15,17H,5,9-12H2,1-4H3,(H,24,27)/t17-/m1/s1. The number of anilines is 1. The minimum absolute atomic E-state index is 0.0891. The monoisotopic (exact) mass is 366 g/mol. The van der Waals surface area contributed by atoms with Crippen LogP contribution < -0.4 is 10.2 Å². The highest BCUT2D eigenvalue weighted by Crippen LogP contribution is 2.27. The molecule has 0 aliphatic carbocycles. The van der Waals surface area contributed by atoms with Crippen LogP contribution in [0.25, 0.3) is 11.4 Å². The van der Waals surface area contributed by atoms with Gasteiger partial charge in [0.25, 0.3) is 5.91 Å². The van der Waals surface area contributed by atoms with Crippen LogP contribution in [0.1, 0.15) is 56.0 Å². The molecule has 0 radical (unpaired) electrons. The molecule has 0 spiro atoms. The van der Waals surface area contributed by atoms with Crippen molar-refractivity contribution < 1.29 is 4.79 Å². The first-order chi connectivity index (χ1) is 13.0. The van der Waals surface area contributed by atoms with Crippen LogP contribution in [0.4, 0.5) is 5.82 Å². The molecule has 1 aromatic heterocycles. The summed E-state index contributed by atoms with van der Waals surface area (Å²) >= 11 is 0. The molecule has 0 saturated carbocycles. The Labute approximate surface area is 162 Å². The van der Waals surface area contributed by atoms with Crippen LogP contribution in [0.2, 0.25) is 0 Å². The van der Waals surface area contributed by atoms with Gasteiger partial charge in [-0.25, -0.2) is 9.97 Å². The highest BCUT2D eigenvalue weighted by Gasteiger charge is 2.24. The Hall–Kier alpha value is -2.43. The van der Waals surface area contributed by atoms with Gasteiger partial charge < -0.3 is 10.2 Å². The van der Waals surface area contributed by atoms with Gasteiger partial charge in [-0.15, -0.1) is 0 Å². The van der Waals surface area contributed by atoms with Crippen LogP contribution >= 0.6 is 0 Å². The molecule has 2 aromatic rings. The van der Waals surface area contributed by atoms with Crippen LogP contribution in [-0.4, -0.2) is 35.0 Å². The zero-order valence-corrected chi connectivity index (χ0v) is 16.8.